The van der Waals surface area contributed by atoms with Gasteiger partial charge in [0.2, 0.25) is 0 Å². The van der Waals surface area contributed by atoms with Crippen LogP contribution in [0.3, 0.4) is 0 Å². The number of rotatable bonds is 4. The fraction of sp³-hybridized carbons (Fsp3) is 0.600. The monoisotopic (exact) mass is 267 g/mol. The summed E-state index contributed by atoms with van der Waals surface area (Å²) >= 11 is 2.03. The molecule has 1 fully saturated rings. The molecule has 1 nitrogen and oxygen atoms in total. The summed E-state index contributed by atoms with van der Waals surface area (Å²) in [6.07, 6.45) is 2.56. The van der Waals surface area contributed by atoms with Crippen LogP contribution in [0.1, 0.15) is 38.3 Å². The van der Waals surface area contributed by atoms with Gasteiger partial charge in [-0.1, -0.05) is 26.0 Å². The lowest BCUT2D eigenvalue weighted by Crippen LogP contribution is -2.38. The molecule has 0 radical (unpaired) electrons. The van der Waals surface area contributed by atoms with Gasteiger partial charge < -0.3 is 5.32 Å². The minimum Gasteiger partial charge on any atom is -0.306 e. The largest absolute Gasteiger partial charge is 0.306 e. The van der Waals surface area contributed by atoms with Crippen molar-refractivity contribution in [3.8, 4) is 0 Å². The maximum atomic E-state index is 13.0. The fourth-order valence-corrected chi connectivity index (χ4v) is 3.55. The molecule has 1 heterocycles. The van der Waals surface area contributed by atoms with Crippen molar-refractivity contribution >= 4 is 11.8 Å². The van der Waals surface area contributed by atoms with E-state index in [1.165, 1.54) is 29.9 Å². The van der Waals surface area contributed by atoms with Crippen LogP contribution in [-0.4, -0.2) is 17.5 Å². The summed E-state index contributed by atoms with van der Waals surface area (Å²) in [4.78, 5) is 0. The average Bonchev–Trinajstić information content (AvgIpc) is 2.38. The Bertz CT molecular complexity index is 357. The van der Waals surface area contributed by atoms with Crippen molar-refractivity contribution in [1.29, 1.82) is 0 Å². The molecule has 1 aromatic rings. The zero-order valence-electron chi connectivity index (χ0n) is 11.2. The van der Waals surface area contributed by atoms with Gasteiger partial charge in [0, 0.05) is 17.8 Å². The van der Waals surface area contributed by atoms with Crippen LogP contribution in [0.15, 0.2) is 24.3 Å². The van der Waals surface area contributed by atoms with Crippen molar-refractivity contribution in [2.24, 2.45) is 5.92 Å². The molecule has 1 saturated heterocycles. The summed E-state index contributed by atoms with van der Waals surface area (Å²) in [5.74, 6) is 2.85. The third kappa shape index (κ3) is 3.72. The Labute approximate surface area is 114 Å². The van der Waals surface area contributed by atoms with Crippen LogP contribution in [-0.2, 0) is 0 Å². The molecule has 0 spiro atoms. The van der Waals surface area contributed by atoms with Crippen molar-refractivity contribution < 1.29 is 4.39 Å². The van der Waals surface area contributed by atoms with E-state index < -0.39 is 0 Å². The zero-order chi connectivity index (χ0) is 13.0. The highest BCUT2D eigenvalue weighted by Crippen LogP contribution is 2.26. The molecule has 18 heavy (non-hydrogen) atoms. The summed E-state index contributed by atoms with van der Waals surface area (Å²) < 4.78 is 13.0. The minimum atomic E-state index is -0.158. The molecule has 100 valence electrons. The summed E-state index contributed by atoms with van der Waals surface area (Å²) in [5.41, 5.74) is 1.20. The average molecular weight is 267 g/mol. The molecule has 0 aliphatic carbocycles. The van der Waals surface area contributed by atoms with E-state index in [4.69, 9.17) is 0 Å². The third-order valence-corrected chi connectivity index (χ3v) is 4.69. The molecule has 0 aromatic heterocycles. The summed E-state index contributed by atoms with van der Waals surface area (Å²) in [6.45, 7) is 4.44. The second kappa shape index (κ2) is 6.58. The third-order valence-electron chi connectivity index (χ3n) is 3.47. The Hall–Kier alpha value is -0.540. The highest BCUT2D eigenvalue weighted by atomic mass is 32.2. The van der Waals surface area contributed by atoms with E-state index >= 15 is 0 Å². The van der Waals surface area contributed by atoms with Gasteiger partial charge in [0.15, 0.2) is 0 Å². The molecule has 0 saturated carbocycles. The number of benzene rings is 1. The molecule has 2 unspecified atom stereocenters. The molecular formula is C15H22FNS. The fourth-order valence-electron chi connectivity index (χ4n) is 2.47. The molecule has 0 amide bonds. The lowest BCUT2D eigenvalue weighted by atomic mass is 9.94. The maximum absolute atomic E-state index is 13.0. The van der Waals surface area contributed by atoms with Crippen molar-refractivity contribution in [3.63, 3.8) is 0 Å². The Balaban J connectivity index is 2.05. The van der Waals surface area contributed by atoms with Gasteiger partial charge in [-0.05, 0) is 42.2 Å². The van der Waals surface area contributed by atoms with E-state index in [-0.39, 0.29) is 5.82 Å². The molecular weight excluding hydrogens is 245 g/mol. The zero-order valence-corrected chi connectivity index (χ0v) is 12.0. The quantitative estimate of drug-likeness (QED) is 0.884. The lowest BCUT2D eigenvalue weighted by molar-refractivity contribution is 0.358. The summed E-state index contributed by atoms with van der Waals surface area (Å²) in [7, 11) is 0. The number of halogens is 1. The molecule has 2 atom stereocenters. The van der Waals surface area contributed by atoms with E-state index in [2.05, 4.69) is 19.2 Å². The van der Waals surface area contributed by atoms with E-state index in [1.807, 2.05) is 23.9 Å². The van der Waals surface area contributed by atoms with Crippen LogP contribution < -0.4 is 5.32 Å². The highest BCUT2D eigenvalue weighted by Gasteiger charge is 2.21. The Kier molecular flexibility index (Phi) is 5.07. The first-order valence-corrected chi connectivity index (χ1v) is 7.91. The van der Waals surface area contributed by atoms with Crippen LogP contribution in [0.4, 0.5) is 4.39 Å². The standard InChI is InChI=1S/C15H22FNS/c1-11(2)15(12-5-7-13(16)8-6-12)17-14-4-3-9-18-10-14/h5-8,11,14-15,17H,3-4,9-10H2,1-2H3. The van der Waals surface area contributed by atoms with Crippen molar-refractivity contribution in [1.82, 2.24) is 5.32 Å². The van der Waals surface area contributed by atoms with Gasteiger partial charge in [0.05, 0.1) is 0 Å². The predicted octanol–water partition coefficient (Wildman–Crippen LogP) is 4.01. The van der Waals surface area contributed by atoms with Crippen molar-refractivity contribution in [2.75, 3.05) is 11.5 Å². The predicted molar refractivity (Wildman–Crippen MR) is 77.5 cm³/mol. The van der Waals surface area contributed by atoms with Gasteiger partial charge in [-0.2, -0.15) is 11.8 Å². The van der Waals surface area contributed by atoms with E-state index in [0.717, 1.165) is 0 Å². The molecule has 1 aromatic carbocycles. The van der Waals surface area contributed by atoms with Gasteiger partial charge in [-0.25, -0.2) is 4.39 Å². The molecule has 2 rings (SSSR count). The number of nitrogens with one attached hydrogen (secondary N) is 1. The second-order valence-electron chi connectivity index (χ2n) is 5.35. The highest BCUT2D eigenvalue weighted by molar-refractivity contribution is 7.99. The number of hydrogen-bond donors (Lipinski definition) is 1. The number of hydrogen-bond acceptors (Lipinski definition) is 2. The maximum Gasteiger partial charge on any atom is 0.123 e. The molecule has 3 heteroatoms. The van der Waals surface area contributed by atoms with Gasteiger partial charge >= 0.3 is 0 Å². The minimum absolute atomic E-state index is 0.158. The Morgan fingerprint density at radius 2 is 2.00 bits per heavy atom. The molecule has 1 aliphatic heterocycles. The van der Waals surface area contributed by atoms with Crippen LogP contribution in [0, 0.1) is 11.7 Å². The summed E-state index contributed by atoms with van der Waals surface area (Å²) in [6, 6.07) is 7.85. The molecule has 0 bridgehead atoms. The van der Waals surface area contributed by atoms with Crippen LogP contribution >= 0.6 is 11.8 Å². The lowest BCUT2D eigenvalue weighted by Gasteiger charge is -2.31. The number of thioether (sulfide) groups is 1. The van der Waals surface area contributed by atoms with E-state index in [0.29, 0.717) is 18.0 Å². The van der Waals surface area contributed by atoms with E-state index in [1.54, 1.807) is 12.1 Å². The van der Waals surface area contributed by atoms with Crippen LogP contribution in [0.25, 0.3) is 0 Å². The van der Waals surface area contributed by atoms with Crippen molar-refractivity contribution in [3.05, 3.63) is 35.6 Å². The van der Waals surface area contributed by atoms with Gasteiger partial charge in [0.25, 0.3) is 0 Å². The first-order chi connectivity index (χ1) is 8.66. The molecule has 1 aliphatic rings. The van der Waals surface area contributed by atoms with Gasteiger partial charge in [0.1, 0.15) is 5.82 Å². The van der Waals surface area contributed by atoms with Gasteiger partial charge in [-0.3, -0.25) is 0 Å². The SMILES string of the molecule is CC(C)C(NC1CCCSC1)c1ccc(F)cc1. The van der Waals surface area contributed by atoms with Crippen LogP contribution in [0.5, 0.6) is 0 Å². The normalized spacial score (nSPS) is 22.1. The topological polar surface area (TPSA) is 12.0 Å². The first-order valence-electron chi connectivity index (χ1n) is 6.76. The van der Waals surface area contributed by atoms with Crippen molar-refractivity contribution in [2.45, 2.75) is 38.8 Å². The summed E-state index contributed by atoms with van der Waals surface area (Å²) in [5, 5.41) is 3.75. The second-order valence-corrected chi connectivity index (χ2v) is 6.50. The Morgan fingerprint density at radius 1 is 1.28 bits per heavy atom. The smallest absolute Gasteiger partial charge is 0.123 e. The Morgan fingerprint density at radius 3 is 2.56 bits per heavy atom. The van der Waals surface area contributed by atoms with E-state index in [9.17, 15) is 4.39 Å². The molecule has 1 N–H and O–H groups in total. The van der Waals surface area contributed by atoms with Crippen LogP contribution in [0.2, 0.25) is 0 Å². The van der Waals surface area contributed by atoms with Gasteiger partial charge in [-0.15, -0.1) is 0 Å². The first kappa shape index (κ1) is 13.9.